The van der Waals surface area contributed by atoms with E-state index < -0.39 is 11.4 Å². The molecule has 3 atom stereocenters. The molecule has 0 aromatic heterocycles. The van der Waals surface area contributed by atoms with Gasteiger partial charge in [-0.3, -0.25) is 9.59 Å². The Hall–Kier alpha value is -2.04. The molecule has 0 bridgehead atoms. The lowest BCUT2D eigenvalue weighted by molar-refractivity contribution is -0.164. The van der Waals surface area contributed by atoms with E-state index in [1.165, 1.54) is 18.1 Å². The summed E-state index contributed by atoms with van der Waals surface area (Å²) < 4.78 is 5.43. The van der Waals surface area contributed by atoms with E-state index >= 15 is 0 Å². The van der Waals surface area contributed by atoms with E-state index in [1.807, 2.05) is 13.0 Å². The average Bonchev–Trinajstić information content (AvgIpc) is 2.59. The average molecular weight is 345 g/mol. The van der Waals surface area contributed by atoms with Crippen LogP contribution < -0.4 is 10.2 Å². The highest BCUT2D eigenvalue weighted by atomic mass is 16.7. The molecule has 5 nitrogen and oxygen atoms in total. The number of hydrogen-bond acceptors (Lipinski definition) is 4. The van der Waals surface area contributed by atoms with Crippen LogP contribution in [0.4, 0.5) is 0 Å². The van der Waals surface area contributed by atoms with Crippen molar-refractivity contribution < 1.29 is 19.2 Å². The van der Waals surface area contributed by atoms with Gasteiger partial charge < -0.3 is 9.57 Å². The molecule has 1 aromatic rings. The Balaban J connectivity index is 1.97. The Morgan fingerprint density at radius 3 is 2.68 bits per heavy atom. The van der Waals surface area contributed by atoms with Crippen molar-refractivity contribution in [3.05, 3.63) is 29.3 Å². The molecule has 2 aliphatic carbocycles. The third-order valence-electron chi connectivity index (χ3n) is 6.37. The molecule has 3 rings (SSSR count). The summed E-state index contributed by atoms with van der Waals surface area (Å²) in [4.78, 5) is 28.7. The molecule has 136 valence electrons. The second kappa shape index (κ2) is 6.36. The van der Waals surface area contributed by atoms with Crippen LogP contribution >= 0.6 is 0 Å². The van der Waals surface area contributed by atoms with Crippen molar-refractivity contribution in [2.75, 3.05) is 7.11 Å². The number of methoxy groups -OCH3 is 1. The molecule has 1 amide bonds. The Bertz CT molecular complexity index is 701. The summed E-state index contributed by atoms with van der Waals surface area (Å²) in [5.41, 5.74) is 4.39. The van der Waals surface area contributed by atoms with E-state index in [2.05, 4.69) is 24.5 Å². The third kappa shape index (κ3) is 2.90. The molecular formula is C20H27NO4. The van der Waals surface area contributed by atoms with Gasteiger partial charge in [0, 0.05) is 6.92 Å². The molecular weight excluding hydrogens is 318 g/mol. The first-order valence-corrected chi connectivity index (χ1v) is 8.96. The van der Waals surface area contributed by atoms with Crippen molar-refractivity contribution >= 4 is 11.9 Å². The van der Waals surface area contributed by atoms with Crippen molar-refractivity contribution in [2.24, 2.45) is 11.3 Å². The summed E-state index contributed by atoms with van der Waals surface area (Å²) in [6.07, 6.45) is 4.73. The predicted octanol–water partition coefficient (Wildman–Crippen LogP) is 3.30. The zero-order chi connectivity index (χ0) is 18.2. The fourth-order valence-corrected chi connectivity index (χ4v) is 5.07. The van der Waals surface area contributed by atoms with Gasteiger partial charge in [0.1, 0.15) is 5.75 Å². The number of hydroxylamine groups is 1. The van der Waals surface area contributed by atoms with Gasteiger partial charge >= 0.3 is 5.97 Å². The lowest BCUT2D eigenvalue weighted by Crippen LogP contribution is -2.55. The molecule has 0 heterocycles. The summed E-state index contributed by atoms with van der Waals surface area (Å²) in [5.74, 6) is 0.361. The number of rotatable bonds is 2. The van der Waals surface area contributed by atoms with Crippen LogP contribution in [-0.4, -0.2) is 19.0 Å². The Kier molecular flexibility index (Phi) is 4.52. The maximum Gasteiger partial charge on any atom is 0.329 e. The predicted molar refractivity (Wildman–Crippen MR) is 94.0 cm³/mol. The van der Waals surface area contributed by atoms with Crippen molar-refractivity contribution in [3.8, 4) is 5.75 Å². The van der Waals surface area contributed by atoms with Crippen LogP contribution in [-0.2, 0) is 26.3 Å². The number of benzene rings is 1. The molecule has 0 aliphatic heterocycles. The van der Waals surface area contributed by atoms with Gasteiger partial charge in [-0.25, -0.2) is 0 Å². The van der Waals surface area contributed by atoms with Gasteiger partial charge in [0.05, 0.1) is 12.5 Å². The highest BCUT2D eigenvalue weighted by Gasteiger charge is 2.55. The molecule has 25 heavy (non-hydrogen) atoms. The minimum atomic E-state index is -0.552. The number of fused-ring (bicyclic) bond motifs is 3. The Morgan fingerprint density at radius 2 is 2.00 bits per heavy atom. The summed E-state index contributed by atoms with van der Waals surface area (Å²) >= 11 is 0. The molecule has 0 unspecified atom stereocenters. The highest BCUT2D eigenvalue weighted by Crippen LogP contribution is 2.57. The van der Waals surface area contributed by atoms with Crippen molar-refractivity contribution in [1.29, 1.82) is 0 Å². The zero-order valence-corrected chi connectivity index (χ0v) is 15.5. The summed E-state index contributed by atoms with van der Waals surface area (Å²) in [5, 5.41) is 0. The van der Waals surface area contributed by atoms with Gasteiger partial charge in [0.2, 0.25) is 0 Å². The standard InChI is InChI=1S/C20H27NO4/c1-13(22)25-21-18(23)20(3)11-5-10-19(2)16-12-15(24-4)8-6-14(16)7-9-17(19)20/h6,8,12,17H,5,7,9-11H2,1-4H3,(H,21,23)/t17-,19-,20+/m1/s1. The number of nitrogens with one attached hydrogen (secondary N) is 1. The van der Waals surface area contributed by atoms with Crippen LogP contribution in [0.3, 0.4) is 0 Å². The number of ether oxygens (including phenoxy) is 1. The maximum absolute atomic E-state index is 12.8. The quantitative estimate of drug-likeness (QED) is 0.835. The van der Waals surface area contributed by atoms with Crippen molar-refractivity contribution in [2.45, 2.75) is 58.3 Å². The van der Waals surface area contributed by atoms with E-state index in [0.717, 1.165) is 37.9 Å². The summed E-state index contributed by atoms with van der Waals surface area (Å²) in [6, 6.07) is 6.30. The van der Waals surface area contributed by atoms with E-state index in [1.54, 1.807) is 7.11 Å². The van der Waals surface area contributed by atoms with Crippen LogP contribution in [0, 0.1) is 11.3 Å². The first kappa shape index (κ1) is 17.8. The Morgan fingerprint density at radius 1 is 1.24 bits per heavy atom. The van der Waals surface area contributed by atoms with E-state index in [0.29, 0.717) is 0 Å². The van der Waals surface area contributed by atoms with E-state index in [4.69, 9.17) is 9.57 Å². The van der Waals surface area contributed by atoms with Crippen LogP contribution in [0.2, 0.25) is 0 Å². The molecule has 0 spiro atoms. The largest absolute Gasteiger partial charge is 0.497 e. The number of carbonyl (C=O) groups excluding carboxylic acids is 2. The molecule has 1 fully saturated rings. The number of carbonyl (C=O) groups is 2. The van der Waals surface area contributed by atoms with Crippen LogP contribution in [0.15, 0.2) is 18.2 Å². The number of aryl methyl sites for hydroxylation is 1. The number of amides is 1. The molecule has 5 heteroatoms. The molecule has 0 radical (unpaired) electrons. The highest BCUT2D eigenvalue weighted by molar-refractivity contribution is 5.83. The summed E-state index contributed by atoms with van der Waals surface area (Å²) in [6.45, 7) is 5.57. The monoisotopic (exact) mass is 345 g/mol. The summed E-state index contributed by atoms with van der Waals surface area (Å²) in [7, 11) is 1.68. The van der Waals surface area contributed by atoms with E-state index in [9.17, 15) is 9.59 Å². The lowest BCUT2D eigenvalue weighted by atomic mass is 9.49. The zero-order valence-electron chi connectivity index (χ0n) is 15.5. The van der Waals surface area contributed by atoms with Crippen LogP contribution in [0.25, 0.3) is 0 Å². The van der Waals surface area contributed by atoms with Crippen LogP contribution in [0.1, 0.15) is 57.6 Å². The molecule has 0 saturated heterocycles. The first-order chi connectivity index (χ1) is 11.8. The fraction of sp³-hybridized carbons (Fsp3) is 0.600. The molecule has 1 saturated carbocycles. The fourth-order valence-electron chi connectivity index (χ4n) is 5.07. The minimum absolute atomic E-state index is 0.0807. The molecule has 2 aliphatic rings. The molecule has 1 N–H and O–H groups in total. The van der Waals surface area contributed by atoms with Gasteiger partial charge in [0.25, 0.3) is 5.91 Å². The van der Waals surface area contributed by atoms with Crippen LogP contribution in [0.5, 0.6) is 5.75 Å². The minimum Gasteiger partial charge on any atom is -0.497 e. The normalized spacial score (nSPS) is 30.6. The van der Waals surface area contributed by atoms with Crippen molar-refractivity contribution in [1.82, 2.24) is 5.48 Å². The topological polar surface area (TPSA) is 64.6 Å². The van der Waals surface area contributed by atoms with Gasteiger partial charge in [-0.2, -0.15) is 5.48 Å². The van der Waals surface area contributed by atoms with Gasteiger partial charge in [-0.15, -0.1) is 0 Å². The number of hydrogen-bond donors (Lipinski definition) is 1. The van der Waals surface area contributed by atoms with Gasteiger partial charge in [0.15, 0.2) is 0 Å². The second-order valence-electron chi connectivity index (χ2n) is 7.83. The second-order valence-corrected chi connectivity index (χ2v) is 7.83. The van der Waals surface area contributed by atoms with Crippen molar-refractivity contribution in [3.63, 3.8) is 0 Å². The molecule has 1 aromatic carbocycles. The SMILES string of the molecule is COc1ccc2c(c1)[C@@]1(C)CCC[C@](C)(C(=O)NOC(C)=O)[C@@H]1CC2. The van der Waals surface area contributed by atoms with Gasteiger partial charge in [-0.05, 0) is 60.3 Å². The van der Waals surface area contributed by atoms with Gasteiger partial charge in [-0.1, -0.05) is 26.3 Å². The third-order valence-corrected chi connectivity index (χ3v) is 6.37. The first-order valence-electron chi connectivity index (χ1n) is 8.96. The van der Waals surface area contributed by atoms with E-state index in [-0.39, 0.29) is 17.2 Å². The smallest absolute Gasteiger partial charge is 0.329 e. The lowest BCUT2D eigenvalue weighted by Gasteiger charge is -2.54. The maximum atomic E-state index is 12.8. The Labute approximate surface area is 149 Å².